The van der Waals surface area contributed by atoms with Crippen LogP contribution in [-0.2, 0) is 6.54 Å². The van der Waals surface area contributed by atoms with Crippen molar-refractivity contribution in [3.05, 3.63) is 69.4 Å². The van der Waals surface area contributed by atoms with Crippen LogP contribution in [0.4, 0.5) is 4.39 Å². The second-order valence-electron chi connectivity index (χ2n) is 4.83. The van der Waals surface area contributed by atoms with Crippen LogP contribution in [0.1, 0.15) is 34.5 Å². The van der Waals surface area contributed by atoms with E-state index in [1.165, 1.54) is 12.1 Å². The molecule has 0 aliphatic heterocycles. The van der Waals surface area contributed by atoms with Crippen molar-refractivity contribution in [3.63, 3.8) is 0 Å². The SMILES string of the molecule is CC(NCc1cccc(C(N)=O)c1)c1ccc(F)cc1Br. The lowest BCUT2D eigenvalue weighted by atomic mass is 10.1. The summed E-state index contributed by atoms with van der Waals surface area (Å²) < 4.78 is 13.8. The van der Waals surface area contributed by atoms with Crippen LogP contribution in [0, 0.1) is 5.82 Å². The average Bonchev–Trinajstić information content (AvgIpc) is 2.45. The first-order chi connectivity index (χ1) is 9.97. The van der Waals surface area contributed by atoms with Crippen LogP contribution in [0.15, 0.2) is 46.9 Å². The number of amides is 1. The van der Waals surface area contributed by atoms with Crippen LogP contribution in [-0.4, -0.2) is 5.91 Å². The Kier molecular flexibility index (Phi) is 5.09. The predicted octanol–water partition coefficient (Wildman–Crippen LogP) is 3.54. The van der Waals surface area contributed by atoms with Gasteiger partial charge in [-0.3, -0.25) is 4.79 Å². The van der Waals surface area contributed by atoms with Crippen molar-refractivity contribution < 1.29 is 9.18 Å². The number of hydrogen-bond acceptors (Lipinski definition) is 2. The normalized spacial score (nSPS) is 12.1. The van der Waals surface area contributed by atoms with E-state index in [1.54, 1.807) is 24.3 Å². The summed E-state index contributed by atoms with van der Waals surface area (Å²) in [6.07, 6.45) is 0. The number of hydrogen-bond donors (Lipinski definition) is 2. The van der Waals surface area contributed by atoms with Crippen LogP contribution in [0.2, 0.25) is 0 Å². The van der Waals surface area contributed by atoms with E-state index in [4.69, 9.17) is 5.73 Å². The van der Waals surface area contributed by atoms with E-state index in [9.17, 15) is 9.18 Å². The van der Waals surface area contributed by atoms with E-state index in [-0.39, 0.29) is 11.9 Å². The van der Waals surface area contributed by atoms with Crippen molar-refractivity contribution in [1.82, 2.24) is 5.32 Å². The van der Waals surface area contributed by atoms with Crippen LogP contribution in [0.25, 0.3) is 0 Å². The summed E-state index contributed by atoms with van der Waals surface area (Å²) in [5, 5.41) is 3.34. The molecule has 110 valence electrons. The molecule has 21 heavy (non-hydrogen) atoms. The highest BCUT2D eigenvalue weighted by molar-refractivity contribution is 9.10. The van der Waals surface area contributed by atoms with Gasteiger partial charge in [0.05, 0.1) is 0 Å². The van der Waals surface area contributed by atoms with Crippen molar-refractivity contribution in [3.8, 4) is 0 Å². The first-order valence-corrected chi connectivity index (χ1v) is 7.33. The molecule has 2 rings (SSSR count). The van der Waals surface area contributed by atoms with Crippen LogP contribution in [0.5, 0.6) is 0 Å². The minimum atomic E-state index is -0.439. The van der Waals surface area contributed by atoms with E-state index < -0.39 is 5.91 Å². The van der Waals surface area contributed by atoms with Gasteiger partial charge in [-0.1, -0.05) is 34.1 Å². The van der Waals surface area contributed by atoms with Crippen molar-refractivity contribution in [2.75, 3.05) is 0 Å². The number of nitrogens with two attached hydrogens (primary N) is 1. The summed E-state index contributed by atoms with van der Waals surface area (Å²) in [5.41, 5.74) is 7.70. The van der Waals surface area contributed by atoms with Gasteiger partial charge in [-0.05, 0) is 42.3 Å². The molecule has 1 amide bonds. The van der Waals surface area contributed by atoms with Gasteiger partial charge in [-0.25, -0.2) is 4.39 Å². The smallest absolute Gasteiger partial charge is 0.248 e. The van der Waals surface area contributed by atoms with Gasteiger partial charge in [0.25, 0.3) is 0 Å². The molecule has 3 nitrogen and oxygen atoms in total. The maximum atomic E-state index is 13.1. The molecule has 0 radical (unpaired) electrons. The highest BCUT2D eigenvalue weighted by atomic mass is 79.9. The average molecular weight is 351 g/mol. The number of rotatable bonds is 5. The number of halogens is 2. The Hall–Kier alpha value is -1.72. The zero-order valence-corrected chi connectivity index (χ0v) is 13.2. The van der Waals surface area contributed by atoms with Crippen LogP contribution < -0.4 is 11.1 Å². The predicted molar refractivity (Wildman–Crippen MR) is 84.3 cm³/mol. The van der Waals surface area contributed by atoms with Gasteiger partial charge in [0.1, 0.15) is 5.82 Å². The van der Waals surface area contributed by atoms with Crippen LogP contribution in [0.3, 0.4) is 0 Å². The first-order valence-electron chi connectivity index (χ1n) is 6.54. The Bertz CT molecular complexity index is 660. The summed E-state index contributed by atoms with van der Waals surface area (Å²) >= 11 is 3.36. The molecule has 1 unspecified atom stereocenters. The molecule has 0 saturated heterocycles. The molecule has 3 N–H and O–H groups in total. The topological polar surface area (TPSA) is 55.1 Å². The molecule has 0 heterocycles. The molecule has 1 atom stereocenters. The summed E-state index contributed by atoms with van der Waals surface area (Å²) in [5.74, 6) is -0.710. The lowest BCUT2D eigenvalue weighted by molar-refractivity contribution is 0.1000. The molecule has 0 bridgehead atoms. The Morgan fingerprint density at radius 3 is 2.76 bits per heavy atom. The zero-order chi connectivity index (χ0) is 15.4. The van der Waals surface area contributed by atoms with Gasteiger partial charge in [0.2, 0.25) is 5.91 Å². The van der Waals surface area contributed by atoms with Crippen molar-refractivity contribution >= 4 is 21.8 Å². The quantitative estimate of drug-likeness (QED) is 0.866. The van der Waals surface area contributed by atoms with E-state index in [0.29, 0.717) is 12.1 Å². The third-order valence-electron chi connectivity index (χ3n) is 3.25. The van der Waals surface area contributed by atoms with E-state index in [1.807, 2.05) is 13.0 Å². The van der Waals surface area contributed by atoms with Gasteiger partial charge in [-0.2, -0.15) is 0 Å². The Morgan fingerprint density at radius 2 is 2.10 bits per heavy atom. The maximum absolute atomic E-state index is 13.1. The third-order valence-corrected chi connectivity index (χ3v) is 3.94. The molecule has 0 aliphatic rings. The largest absolute Gasteiger partial charge is 0.366 e. The number of primary amides is 1. The standard InChI is InChI=1S/C16H16BrFN2O/c1-10(14-6-5-13(18)8-15(14)17)20-9-11-3-2-4-12(7-11)16(19)21/h2-8,10,20H,9H2,1H3,(H2,19,21). The van der Waals surface area contributed by atoms with E-state index in [0.717, 1.165) is 15.6 Å². The fraction of sp³-hybridized carbons (Fsp3) is 0.188. The molecule has 2 aromatic rings. The monoisotopic (exact) mass is 350 g/mol. The van der Waals surface area contributed by atoms with Gasteiger partial charge in [0.15, 0.2) is 0 Å². The molecule has 0 fully saturated rings. The number of nitrogens with one attached hydrogen (secondary N) is 1. The summed E-state index contributed by atoms with van der Waals surface area (Å²) in [6, 6.07) is 11.8. The second kappa shape index (κ2) is 6.83. The first kappa shape index (κ1) is 15.7. The molecular formula is C16H16BrFN2O. The number of carbonyl (C=O) groups excluding carboxylic acids is 1. The molecule has 0 spiro atoms. The number of benzene rings is 2. The van der Waals surface area contributed by atoms with Gasteiger partial charge < -0.3 is 11.1 Å². The molecule has 0 aromatic heterocycles. The summed E-state index contributed by atoms with van der Waals surface area (Å²) in [4.78, 5) is 11.1. The Balaban J connectivity index is 2.05. The van der Waals surface area contributed by atoms with Gasteiger partial charge in [0, 0.05) is 22.6 Å². The zero-order valence-electron chi connectivity index (χ0n) is 11.6. The van der Waals surface area contributed by atoms with Crippen molar-refractivity contribution in [1.29, 1.82) is 0 Å². The molecule has 5 heteroatoms. The van der Waals surface area contributed by atoms with Crippen molar-refractivity contribution in [2.24, 2.45) is 5.73 Å². The second-order valence-corrected chi connectivity index (χ2v) is 5.69. The summed E-state index contributed by atoms with van der Waals surface area (Å²) in [7, 11) is 0. The third kappa shape index (κ3) is 4.12. The Labute approximate surface area is 131 Å². The Morgan fingerprint density at radius 1 is 1.33 bits per heavy atom. The highest BCUT2D eigenvalue weighted by Gasteiger charge is 2.10. The summed E-state index contributed by atoms with van der Waals surface area (Å²) in [6.45, 7) is 2.59. The highest BCUT2D eigenvalue weighted by Crippen LogP contribution is 2.24. The lowest BCUT2D eigenvalue weighted by Crippen LogP contribution is -2.19. The lowest BCUT2D eigenvalue weighted by Gasteiger charge is -2.16. The minimum Gasteiger partial charge on any atom is -0.366 e. The molecule has 2 aromatic carbocycles. The van der Waals surface area contributed by atoms with E-state index in [2.05, 4.69) is 21.2 Å². The minimum absolute atomic E-state index is 0.0391. The number of carbonyl (C=O) groups is 1. The fourth-order valence-electron chi connectivity index (χ4n) is 2.07. The van der Waals surface area contributed by atoms with Gasteiger partial charge >= 0.3 is 0 Å². The fourth-order valence-corrected chi connectivity index (χ4v) is 2.76. The maximum Gasteiger partial charge on any atom is 0.248 e. The molecule has 0 aliphatic carbocycles. The molecular weight excluding hydrogens is 335 g/mol. The van der Waals surface area contributed by atoms with Crippen molar-refractivity contribution in [2.45, 2.75) is 19.5 Å². The van der Waals surface area contributed by atoms with Gasteiger partial charge in [-0.15, -0.1) is 0 Å². The van der Waals surface area contributed by atoms with E-state index >= 15 is 0 Å². The van der Waals surface area contributed by atoms with Crippen LogP contribution >= 0.6 is 15.9 Å². The molecule has 0 saturated carbocycles.